The molecule has 1 fully saturated rings. The quantitative estimate of drug-likeness (QED) is 0.736. The molecule has 1 aliphatic heterocycles. The molecule has 150 valence electrons. The minimum absolute atomic E-state index is 0.00400. The van der Waals surface area contributed by atoms with Crippen LogP contribution in [0.4, 0.5) is 11.6 Å². The Balaban J connectivity index is 1.50. The van der Waals surface area contributed by atoms with Crippen molar-refractivity contribution in [1.29, 1.82) is 0 Å². The summed E-state index contributed by atoms with van der Waals surface area (Å²) in [5.41, 5.74) is 2.93. The number of piperidine rings is 1. The lowest BCUT2D eigenvalue weighted by atomic mass is 9.97. The van der Waals surface area contributed by atoms with Crippen molar-refractivity contribution in [3.05, 3.63) is 53.7 Å². The summed E-state index contributed by atoms with van der Waals surface area (Å²) in [6.45, 7) is 7.38. The normalized spacial score (nSPS) is 16.7. The fourth-order valence-electron chi connectivity index (χ4n) is 3.72. The molecule has 8 heteroatoms. The van der Waals surface area contributed by atoms with Crippen LogP contribution in [0.2, 0.25) is 0 Å². The molecule has 0 unspecified atom stereocenters. The van der Waals surface area contributed by atoms with Gasteiger partial charge in [-0.25, -0.2) is 19.6 Å². The van der Waals surface area contributed by atoms with Crippen LogP contribution in [-0.4, -0.2) is 43.7 Å². The van der Waals surface area contributed by atoms with Crippen molar-refractivity contribution in [2.75, 3.05) is 23.3 Å². The smallest absolute Gasteiger partial charge is 0.230 e. The first-order chi connectivity index (χ1) is 14.0. The van der Waals surface area contributed by atoms with E-state index in [-0.39, 0.29) is 11.8 Å². The second-order valence-electron chi connectivity index (χ2n) is 7.52. The molecule has 8 nitrogen and oxygen atoms in total. The highest BCUT2D eigenvalue weighted by Gasteiger charge is 2.27. The van der Waals surface area contributed by atoms with Crippen molar-refractivity contribution < 1.29 is 4.79 Å². The number of hydrogen-bond donors (Lipinski definition) is 1. The fourth-order valence-corrected chi connectivity index (χ4v) is 3.72. The number of aromatic nitrogens is 5. The van der Waals surface area contributed by atoms with Crippen LogP contribution in [0.5, 0.6) is 0 Å². The summed E-state index contributed by atoms with van der Waals surface area (Å²) in [5.74, 6) is 2.07. The van der Waals surface area contributed by atoms with Crippen molar-refractivity contribution in [3.8, 4) is 5.82 Å². The summed E-state index contributed by atoms with van der Waals surface area (Å²) < 4.78 is 1.82. The Labute approximate surface area is 170 Å². The summed E-state index contributed by atoms with van der Waals surface area (Å²) in [6, 6.07) is 7.76. The van der Waals surface area contributed by atoms with Gasteiger partial charge in [-0.1, -0.05) is 6.07 Å². The van der Waals surface area contributed by atoms with E-state index in [1.165, 1.54) is 0 Å². The van der Waals surface area contributed by atoms with Gasteiger partial charge in [-0.05, 0) is 51.3 Å². The number of carbonyl (C=O) groups is 1. The van der Waals surface area contributed by atoms with E-state index in [1.54, 1.807) is 12.5 Å². The lowest BCUT2D eigenvalue weighted by Crippen LogP contribution is -2.41. The highest BCUT2D eigenvalue weighted by Crippen LogP contribution is 2.24. The third-order valence-corrected chi connectivity index (χ3v) is 5.23. The van der Waals surface area contributed by atoms with Crippen molar-refractivity contribution in [1.82, 2.24) is 24.7 Å². The van der Waals surface area contributed by atoms with Crippen molar-refractivity contribution in [2.45, 2.75) is 33.6 Å². The molecule has 0 aliphatic carbocycles. The predicted octanol–water partition coefficient (Wildman–Crippen LogP) is 2.84. The highest BCUT2D eigenvalue weighted by molar-refractivity contribution is 5.92. The molecule has 4 rings (SSSR count). The molecule has 4 heterocycles. The Kier molecular flexibility index (Phi) is 5.24. The van der Waals surface area contributed by atoms with Crippen LogP contribution in [0.1, 0.15) is 29.8 Å². The molecule has 0 bridgehead atoms. The largest absolute Gasteiger partial charge is 0.356 e. The van der Waals surface area contributed by atoms with E-state index >= 15 is 0 Å². The maximum absolute atomic E-state index is 12.8. The molecular formula is C21H25N7O. The standard InChI is InChI=1S/C21H25N7O/c1-14-6-4-8-22-20(14)25-21(29)17-7-5-9-27(12-17)18-11-19(24-13-23-18)28-16(3)10-15(2)26-28/h4,6,8,10-11,13,17H,5,7,9,12H2,1-3H3,(H,22,25,29)/t17-/m1/s1. The summed E-state index contributed by atoms with van der Waals surface area (Å²) in [7, 11) is 0. The molecule has 3 aromatic heterocycles. The van der Waals surface area contributed by atoms with Crippen LogP contribution in [0, 0.1) is 26.7 Å². The number of aryl methyl sites for hydroxylation is 3. The maximum Gasteiger partial charge on any atom is 0.230 e. The predicted molar refractivity (Wildman–Crippen MR) is 111 cm³/mol. The zero-order valence-corrected chi connectivity index (χ0v) is 17.0. The molecule has 0 aromatic carbocycles. The Morgan fingerprint density at radius 3 is 2.72 bits per heavy atom. The minimum atomic E-state index is -0.114. The topological polar surface area (TPSA) is 88.8 Å². The molecule has 29 heavy (non-hydrogen) atoms. The van der Waals surface area contributed by atoms with E-state index in [0.717, 1.165) is 48.0 Å². The molecule has 0 saturated carbocycles. The number of amides is 1. The van der Waals surface area contributed by atoms with Crippen LogP contribution in [0.3, 0.4) is 0 Å². The van der Waals surface area contributed by atoms with Gasteiger partial charge >= 0.3 is 0 Å². The van der Waals surface area contributed by atoms with Gasteiger partial charge in [0.25, 0.3) is 0 Å². The van der Waals surface area contributed by atoms with E-state index in [2.05, 4.69) is 30.3 Å². The maximum atomic E-state index is 12.8. The van der Waals surface area contributed by atoms with Crippen molar-refractivity contribution >= 4 is 17.5 Å². The third kappa shape index (κ3) is 4.11. The Morgan fingerprint density at radius 1 is 1.14 bits per heavy atom. The van der Waals surface area contributed by atoms with Gasteiger partial charge in [0.1, 0.15) is 18.0 Å². The van der Waals surface area contributed by atoms with Crippen LogP contribution in [0.15, 0.2) is 36.8 Å². The first-order valence-corrected chi connectivity index (χ1v) is 9.84. The first-order valence-electron chi connectivity index (χ1n) is 9.84. The molecule has 0 spiro atoms. The van der Waals surface area contributed by atoms with Gasteiger partial charge in [-0.3, -0.25) is 4.79 Å². The number of carbonyl (C=O) groups excluding carboxylic acids is 1. The minimum Gasteiger partial charge on any atom is -0.356 e. The number of rotatable bonds is 4. The number of anilines is 2. The molecular weight excluding hydrogens is 366 g/mol. The second kappa shape index (κ2) is 7.98. The van der Waals surface area contributed by atoms with Gasteiger partial charge < -0.3 is 10.2 Å². The van der Waals surface area contributed by atoms with Gasteiger partial charge in [0, 0.05) is 31.0 Å². The van der Waals surface area contributed by atoms with Crippen LogP contribution >= 0.6 is 0 Å². The Morgan fingerprint density at radius 2 is 1.97 bits per heavy atom. The molecule has 1 saturated heterocycles. The molecule has 1 aliphatic rings. The highest BCUT2D eigenvalue weighted by atomic mass is 16.2. The van der Waals surface area contributed by atoms with Crippen LogP contribution < -0.4 is 10.2 Å². The van der Waals surface area contributed by atoms with E-state index in [4.69, 9.17) is 0 Å². The summed E-state index contributed by atoms with van der Waals surface area (Å²) >= 11 is 0. The summed E-state index contributed by atoms with van der Waals surface area (Å²) in [5, 5.41) is 7.48. The summed E-state index contributed by atoms with van der Waals surface area (Å²) in [6.07, 6.45) is 5.03. The second-order valence-corrected chi connectivity index (χ2v) is 7.52. The van der Waals surface area contributed by atoms with Gasteiger partial charge in [-0.2, -0.15) is 5.10 Å². The molecule has 1 N–H and O–H groups in total. The average molecular weight is 391 g/mol. The lowest BCUT2D eigenvalue weighted by molar-refractivity contribution is -0.120. The SMILES string of the molecule is Cc1cc(C)n(-c2cc(N3CCC[C@@H](C(=O)Nc4ncccc4C)C3)ncn2)n1. The number of hydrogen-bond acceptors (Lipinski definition) is 6. The van der Waals surface area contributed by atoms with Gasteiger partial charge in [0.15, 0.2) is 5.82 Å². The number of nitrogens with zero attached hydrogens (tertiary/aromatic N) is 6. The zero-order chi connectivity index (χ0) is 20.4. The van der Waals surface area contributed by atoms with Crippen molar-refractivity contribution in [2.24, 2.45) is 5.92 Å². The van der Waals surface area contributed by atoms with Gasteiger partial charge in [0.2, 0.25) is 5.91 Å². The lowest BCUT2D eigenvalue weighted by Gasteiger charge is -2.32. The van der Waals surface area contributed by atoms with E-state index in [9.17, 15) is 4.79 Å². The molecule has 0 radical (unpaired) electrons. The Bertz CT molecular complexity index is 1030. The third-order valence-electron chi connectivity index (χ3n) is 5.23. The van der Waals surface area contributed by atoms with Crippen molar-refractivity contribution in [3.63, 3.8) is 0 Å². The van der Waals surface area contributed by atoms with E-state index < -0.39 is 0 Å². The number of nitrogens with one attached hydrogen (secondary N) is 1. The molecule has 1 atom stereocenters. The number of pyridine rings is 1. The van der Waals surface area contributed by atoms with E-state index in [1.807, 2.05) is 49.7 Å². The van der Waals surface area contributed by atoms with Gasteiger partial charge in [-0.15, -0.1) is 0 Å². The molecule has 3 aromatic rings. The van der Waals surface area contributed by atoms with Crippen LogP contribution in [-0.2, 0) is 4.79 Å². The zero-order valence-electron chi connectivity index (χ0n) is 17.0. The Hall–Kier alpha value is -3.29. The molecule has 1 amide bonds. The fraction of sp³-hybridized carbons (Fsp3) is 0.381. The monoisotopic (exact) mass is 391 g/mol. The van der Waals surface area contributed by atoms with E-state index in [0.29, 0.717) is 12.4 Å². The summed E-state index contributed by atoms with van der Waals surface area (Å²) in [4.78, 5) is 28.0. The average Bonchev–Trinajstić information content (AvgIpc) is 3.08. The first kappa shape index (κ1) is 19.0. The van der Waals surface area contributed by atoms with Gasteiger partial charge in [0.05, 0.1) is 11.6 Å². The van der Waals surface area contributed by atoms with Crippen LogP contribution in [0.25, 0.3) is 5.82 Å².